The first-order chi connectivity index (χ1) is 9.82. The number of carbonyl (C=O) groups is 2. The molecule has 0 spiro atoms. The number of hydrogen-bond donors (Lipinski definition) is 1. The standard InChI is InChI=1S/C17H32N2O2/c1-17(2,3)16(21)18-13-9-12-15(20)19(4)14-10-7-5-6-8-11-14/h14H,5-13H2,1-4H3,(H,18,21). The molecule has 1 rings (SSSR count). The van der Waals surface area contributed by atoms with Crippen LogP contribution in [0.15, 0.2) is 0 Å². The quantitative estimate of drug-likeness (QED) is 0.626. The van der Waals surface area contributed by atoms with E-state index in [2.05, 4.69) is 5.32 Å². The SMILES string of the molecule is CN(C(=O)CCCNC(=O)C(C)(C)C)C1CCCCCC1. The molecule has 0 atom stereocenters. The lowest BCUT2D eigenvalue weighted by Crippen LogP contribution is -2.38. The summed E-state index contributed by atoms with van der Waals surface area (Å²) in [6.45, 7) is 6.27. The van der Waals surface area contributed by atoms with Crippen molar-refractivity contribution in [2.75, 3.05) is 13.6 Å². The van der Waals surface area contributed by atoms with Gasteiger partial charge < -0.3 is 10.2 Å². The third kappa shape index (κ3) is 6.49. The number of carbonyl (C=O) groups excluding carboxylic acids is 2. The second-order valence-electron chi connectivity index (χ2n) is 7.26. The zero-order chi connectivity index (χ0) is 15.9. The Hall–Kier alpha value is -1.06. The highest BCUT2D eigenvalue weighted by atomic mass is 16.2. The summed E-state index contributed by atoms with van der Waals surface area (Å²) in [5, 5.41) is 2.90. The first kappa shape index (κ1) is 18.0. The van der Waals surface area contributed by atoms with Crippen LogP contribution in [0.2, 0.25) is 0 Å². The van der Waals surface area contributed by atoms with Crippen molar-refractivity contribution in [3.63, 3.8) is 0 Å². The summed E-state index contributed by atoms with van der Waals surface area (Å²) in [5.74, 6) is 0.263. The predicted molar refractivity (Wildman–Crippen MR) is 86.0 cm³/mol. The zero-order valence-corrected chi connectivity index (χ0v) is 14.2. The maximum atomic E-state index is 12.2. The van der Waals surface area contributed by atoms with E-state index in [1.54, 1.807) is 0 Å². The van der Waals surface area contributed by atoms with Crippen molar-refractivity contribution in [2.24, 2.45) is 5.41 Å². The van der Waals surface area contributed by atoms with Crippen LogP contribution in [0.1, 0.15) is 72.1 Å². The van der Waals surface area contributed by atoms with E-state index in [0.29, 0.717) is 19.0 Å². The fourth-order valence-corrected chi connectivity index (χ4v) is 2.73. The normalized spacial score (nSPS) is 17.1. The molecule has 0 unspecified atom stereocenters. The monoisotopic (exact) mass is 296 g/mol. The van der Waals surface area contributed by atoms with Crippen molar-refractivity contribution in [3.05, 3.63) is 0 Å². The van der Waals surface area contributed by atoms with E-state index in [1.807, 2.05) is 32.7 Å². The zero-order valence-electron chi connectivity index (χ0n) is 14.2. The molecule has 122 valence electrons. The second kappa shape index (κ2) is 8.40. The van der Waals surface area contributed by atoms with Gasteiger partial charge in [-0.15, -0.1) is 0 Å². The molecule has 21 heavy (non-hydrogen) atoms. The van der Waals surface area contributed by atoms with Crippen molar-refractivity contribution >= 4 is 11.8 Å². The van der Waals surface area contributed by atoms with Crippen LogP contribution in [-0.4, -0.2) is 36.3 Å². The fraction of sp³-hybridized carbons (Fsp3) is 0.882. The summed E-state index contributed by atoms with van der Waals surface area (Å²) in [7, 11) is 1.94. The molecule has 0 radical (unpaired) electrons. The van der Waals surface area contributed by atoms with Crippen LogP contribution in [0.25, 0.3) is 0 Å². The molecular formula is C17H32N2O2. The highest BCUT2D eigenvalue weighted by Crippen LogP contribution is 2.21. The number of nitrogens with one attached hydrogen (secondary N) is 1. The van der Waals surface area contributed by atoms with Gasteiger partial charge in [0.1, 0.15) is 0 Å². The van der Waals surface area contributed by atoms with Gasteiger partial charge in [-0.2, -0.15) is 0 Å². The van der Waals surface area contributed by atoms with Gasteiger partial charge in [0.2, 0.25) is 11.8 Å². The molecule has 1 N–H and O–H groups in total. The van der Waals surface area contributed by atoms with E-state index in [9.17, 15) is 9.59 Å². The van der Waals surface area contributed by atoms with Gasteiger partial charge in [0.25, 0.3) is 0 Å². The van der Waals surface area contributed by atoms with Crippen LogP contribution >= 0.6 is 0 Å². The average molecular weight is 296 g/mol. The van der Waals surface area contributed by atoms with E-state index in [0.717, 1.165) is 19.3 Å². The molecule has 4 nitrogen and oxygen atoms in total. The molecule has 0 bridgehead atoms. The van der Waals surface area contributed by atoms with Gasteiger partial charge in [0.05, 0.1) is 0 Å². The van der Waals surface area contributed by atoms with E-state index in [1.165, 1.54) is 25.7 Å². The van der Waals surface area contributed by atoms with Crippen LogP contribution in [-0.2, 0) is 9.59 Å². The fourth-order valence-electron chi connectivity index (χ4n) is 2.73. The number of nitrogens with zero attached hydrogens (tertiary/aromatic N) is 1. The Kier molecular flexibility index (Phi) is 7.20. The Morgan fingerprint density at radius 3 is 2.19 bits per heavy atom. The summed E-state index contributed by atoms with van der Waals surface area (Å²) in [5.41, 5.74) is -0.360. The molecule has 0 saturated heterocycles. The van der Waals surface area contributed by atoms with Crippen LogP contribution in [0, 0.1) is 5.41 Å². The Balaban J connectivity index is 2.25. The Morgan fingerprint density at radius 1 is 1.10 bits per heavy atom. The minimum Gasteiger partial charge on any atom is -0.356 e. The molecule has 4 heteroatoms. The Bertz CT molecular complexity index is 339. The summed E-state index contributed by atoms with van der Waals surface area (Å²) >= 11 is 0. The predicted octanol–water partition coefficient (Wildman–Crippen LogP) is 3.11. The van der Waals surface area contributed by atoms with Gasteiger partial charge in [-0.3, -0.25) is 9.59 Å². The average Bonchev–Trinajstić information content (AvgIpc) is 2.70. The molecule has 1 fully saturated rings. The number of amides is 2. The molecule has 2 amide bonds. The molecule has 1 saturated carbocycles. The van der Waals surface area contributed by atoms with Gasteiger partial charge in [-0.05, 0) is 19.3 Å². The molecule has 0 aromatic carbocycles. The lowest BCUT2D eigenvalue weighted by molar-refractivity contribution is -0.133. The highest BCUT2D eigenvalue weighted by Gasteiger charge is 2.22. The van der Waals surface area contributed by atoms with Crippen LogP contribution in [0.5, 0.6) is 0 Å². The van der Waals surface area contributed by atoms with Crippen LogP contribution < -0.4 is 5.32 Å². The summed E-state index contributed by atoms with van der Waals surface area (Å²) < 4.78 is 0. The Labute approximate surface area is 129 Å². The summed E-state index contributed by atoms with van der Waals surface area (Å²) in [6, 6.07) is 0.421. The molecule has 1 aliphatic carbocycles. The van der Waals surface area contributed by atoms with Crippen LogP contribution in [0.4, 0.5) is 0 Å². The van der Waals surface area contributed by atoms with Gasteiger partial charge in [0, 0.05) is 31.5 Å². The van der Waals surface area contributed by atoms with Gasteiger partial charge in [0.15, 0.2) is 0 Å². The van der Waals surface area contributed by atoms with Gasteiger partial charge in [-0.25, -0.2) is 0 Å². The molecule has 0 aromatic heterocycles. The van der Waals surface area contributed by atoms with Gasteiger partial charge >= 0.3 is 0 Å². The van der Waals surface area contributed by atoms with E-state index < -0.39 is 0 Å². The summed E-state index contributed by atoms with van der Waals surface area (Å²) in [6.07, 6.45) is 8.61. The molecule has 1 aliphatic rings. The van der Waals surface area contributed by atoms with Crippen molar-refractivity contribution < 1.29 is 9.59 Å². The third-order valence-corrected chi connectivity index (χ3v) is 4.30. The van der Waals surface area contributed by atoms with Crippen molar-refractivity contribution in [1.29, 1.82) is 0 Å². The topological polar surface area (TPSA) is 49.4 Å². The van der Waals surface area contributed by atoms with Crippen LogP contribution in [0.3, 0.4) is 0 Å². The smallest absolute Gasteiger partial charge is 0.225 e. The molecule has 0 aliphatic heterocycles. The van der Waals surface area contributed by atoms with E-state index >= 15 is 0 Å². The highest BCUT2D eigenvalue weighted by molar-refractivity contribution is 5.81. The van der Waals surface area contributed by atoms with E-state index in [4.69, 9.17) is 0 Å². The largest absolute Gasteiger partial charge is 0.356 e. The van der Waals surface area contributed by atoms with Gasteiger partial charge in [-0.1, -0.05) is 46.5 Å². The second-order valence-corrected chi connectivity index (χ2v) is 7.26. The van der Waals surface area contributed by atoms with Crippen molar-refractivity contribution in [2.45, 2.75) is 78.2 Å². The van der Waals surface area contributed by atoms with Crippen molar-refractivity contribution in [1.82, 2.24) is 10.2 Å². The van der Waals surface area contributed by atoms with Crippen molar-refractivity contribution in [3.8, 4) is 0 Å². The molecule has 0 aromatic rings. The first-order valence-electron chi connectivity index (χ1n) is 8.36. The minimum atomic E-state index is -0.360. The Morgan fingerprint density at radius 2 is 1.67 bits per heavy atom. The third-order valence-electron chi connectivity index (χ3n) is 4.30. The minimum absolute atomic E-state index is 0.0482. The summed E-state index contributed by atoms with van der Waals surface area (Å²) in [4.78, 5) is 25.9. The lowest BCUT2D eigenvalue weighted by Gasteiger charge is -2.27. The number of rotatable bonds is 5. The van der Waals surface area contributed by atoms with E-state index in [-0.39, 0.29) is 17.2 Å². The maximum Gasteiger partial charge on any atom is 0.225 e. The number of hydrogen-bond acceptors (Lipinski definition) is 2. The maximum absolute atomic E-state index is 12.2. The first-order valence-corrected chi connectivity index (χ1v) is 8.36. The lowest BCUT2D eigenvalue weighted by atomic mass is 9.96. The molecule has 0 heterocycles. The molecular weight excluding hydrogens is 264 g/mol.